The molecule has 7 nitrogen and oxygen atoms in total. The monoisotopic (exact) mass is 233 g/mol. The van der Waals surface area contributed by atoms with Crippen LogP contribution in [0.3, 0.4) is 0 Å². The maximum Gasteiger partial charge on any atom is 0.269 e. The zero-order chi connectivity index (χ0) is 11.6. The van der Waals surface area contributed by atoms with Crippen molar-refractivity contribution in [3.8, 4) is 6.19 Å². The zero-order valence-corrected chi connectivity index (χ0v) is 8.86. The fourth-order valence-electron chi connectivity index (χ4n) is 1.54. The van der Waals surface area contributed by atoms with Crippen molar-refractivity contribution in [3.05, 3.63) is 0 Å². The number of nitrogens with zero attached hydrogens (tertiary/aromatic N) is 2. The molecule has 1 fully saturated rings. The van der Waals surface area contributed by atoms with Gasteiger partial charge in [-0.3, -0.25) is 14.2 Å². The number of nitrogens with one attached hydrogen (secondary N) is 1. The van der Waals surface area contributed by atoms with Crippen molar-refractivity contribution in [1.29, 1.82) is 5.26 Å². The molecule has 0 unspecified atom stereocenters. The van der Waals surface area contributed by atoms with E-state index in [1.54, 1.807) is 6.19 Å². The third-order valence-corrected chi connectivity index (χ3v) is 3.55. The van der Waals surface area contributed by atoms with Crippen LogP contribution in [0.2, 0.25) is 0 Å². The first-order chi connectivity index (χ1) is 6.90. The molecule has 0 bridgehead atoms. The van der Waals surface area contributed by atoms with Gasteiger partial charge in [-0.25, -0.2) is 0 Å². The third kappa shape index (κ3) is 2.37. The number of rotatable bonds is 2. The van der Waals surface area contributed by atoms with Gasteiger partial charge in [0, 0.05) is 13.6 Å². The fourth-order valence-corrected chi connectivity index (χ4v) is 2.31. The number of carbonyl (C=O) groups is 1. The summed E-state index contributed by atoms with van der Waals surface area (Å²) in [5, 5.41) is 9.95. The summed E-state index contributed by atoms with van der Waals surface area (Å²) in [6.07, 6.45) is 1.66. The SMILES string of the molecule is CNC(=O)[C@@H]1C[C@@H](S(=O)(=O)O)CN1C#N. The van der Waals surface area contributed by atoms with Crippen molar-refractivity contribution in [1.82, 2.24) is 10.2 Å². The van der Waals surface area contributed by atoms with E-state index in [0.717, 1.165) is 4.90 Å². The molecule has 0 aliphatic carbocycles. The second-order valence-electron chi connectivity index (χ2n) is 3.26. The van der Waals surface area contributed by atoms with Crippen molar-refractivity contribution in [2.24, 2.45) is 0 Å². The van der Waals surface area contributed by atoms with Gasteiger partial charge in [0.05, 0.1) is 0 Å². The second-order valence-corrected chi connectivity index (χ2v) is 4.95. The number of amides is 1. The summed E-state index contributed by atoms with van der Waals surface area (Å²) >= 11 is 0. The molecule has 2 N–H and O–H groups in total. The lowest BCUT2D eigenvalue weighted by Crippen LogP contribution is -2.39. The van der Waals surface area contributed by atoms with Gasteiger partial charge in [-0.15, -0.1) is 0 Å². The van der Waals surface area contributed by atoms with Crippen molar-refractivity contribution >= 4 is 16.0 Å². The Morgan fingerprint density at radius 1 is 1.67 bits per heavy atom. The molecular formula is C7H11N3O4S. The normalized spacial score (nSPS) is 26.1. The summed E-state index contributed by atoms with van der Waals surface area (Å²) in [5.74, 6) is -0.428. The molecule has 84 valence electrons. The largest absolute Gasteiger partial charge is 0.357 e. The number of likely N-dealkylation sites (N-methyl/N-ethyl adjacent to an activating group) is 1. The van der Waals surface area contributed by atoms with Gasteiger partial charge in [-0.05, 0) is 6.42 Å². The van der Waals surface area contributed by atoms with Gasteiger partial charge < -0.3 is 5.32 Å². The summed E-state index contributed by atoms with van der Waals surface area (Å²) in [4.78, 5) is 12.3. The molecule has 1 amide bonds. The van der Waals surface area contributed by atoms with E-state index < -0.39 is 27.3 Å². The van der Waals surface area contributed by atoms with E-state index >= 15 is 0 Å². The van der Waals surface area contributed by atoms with Crippen LogP contribution < -0.4 is 5.32 Å². The highest BCUT2D eigenvalue weighted by Crippen LogP contribution is 2.21. The van der Waals surface area contributed by atoms with Crippen LogP contribution in [-0.2, 0) is 14.9 Å². The van der Waals surface area contributed by atoms with E-state index in [1.165, 1.54) is 7.05 Å². The molecule has 1 heterocycles. The highest BCUT2D eigenvalue weighted by molar-refractivity contribution is 7.86. The van der Waals surface area contributed by atoms with E-state index in [-0.39, 0.29) is 13.0 Å². The molecule has 1 rings (SSSR count). The minimum absolute atomic E-state index is 0.0634. The first-order valence-electron chi connectivity index (χ1n) is 4.24. The molecule has 1 saturated heterocycles. The lowest BCUT2D eigenvalue weighted by molar-refractivity contribution is -0.124. The second kappa shape index (κ2) is 4.04. The Hall–Kier alpha value is -1.33. The smallest absolute Gasteiger partial charge is 0.269 e. The first kappa shape index (κ1) is 11.7. The fraction of sp³-hybridized carbons (Fsp3) is 0.714. The molecule has 1 aliphatic rings. The average Bonchev–Trinajstić information content (AvgIpc) is 2.59. The Balaban J connectivity index is 2.86. The quantitative estimate of drug-likeness (QED) is 0.445. The highest BCUT2D eigenvalue weighted by atomic mass is 32.2. The molecule has 2 atom stereocenters. The van der Waals surface area contributed by atoms with Gasteiger partial charge in [0.2, 0.25) is 5.91 Å². The predicted molar refractivity (Wildman–Crippen MR) is 50.1 cm³/mol. The van der Waals surface area contributed by atoms with Crippen molar-refractivity contribution in [2.75, 3.05) is 13.6 Å². The van der Waals surface area contributed by atoms with Gasteiger partial charge in [0.25, 0.3) is 10.1 Å². The van der Waals surface area contributed by atoms with Crippen LogP contribution in [0, 0.1) is 11.5 Å². The van der Waals surface area contributed by atoms with Crippen LogP contribution in [-0.4, -0.2) is 48.7 Å². The highest BCUT2D eigenvalue weighted by Gasteiger charge is 2.41. The van der Waals surface area contributed by atoms with Crippen molar-refractivity contribution < 1.29 is 17.8 Å². The Bertz CT molecular complexity index is 399. The molecule has 0 spiro atoms. The Morgan fingerprint density at radius 3 is 2.67 bits per heavy atom. The minimum Gasteiger partial charge on any atom is -0.357 e. The zero-order valence-electron chi connectivity index (χ0n) is 8.04. The molecule has 8 heteroatoms. The lowest BCUT2D eigenvalue weighted by Gasteiger charge is -2.15. The van der Waals surface area contributed by atoms with Crippen LogP contribution in [0.4, 0.5) is 0 Å². The van der Waals surface area contributed by atoms with Crippen LogP contribution in [0.5, 0.6) is 0 Å². The molecule has 0 aromatic carbocycles. The van der Waals surface area contributed by atoms with Crippen LogP contribution in [0.1, 0.15) is 6.42 Å². The number of hydrogen-bond acceptors (Lipinski definition) is 5. The molecule has 1 aliphatic heterocycles. The molecular weight excluding hydrogens is 222 g/mol. The number of likely N-dealkylation sites (tertiary alicyclic amines) is 1. The van der Waals surface area contributed by atoms with Crippen LogP contribution in [0.25, 0.3) is 0 Å². The van der Waals surface area contributed by atoms with Crippen molar-refractivity contribution in [2.45, 2.75) is 17.7 Å². The summed E-state index contributed by atoms with van der Waals surface area (Å²) in [5.41, 5.74) is 0. The van der Waals surface area contributed by atoms with Gasteiger partial charge in [0.1, 0.15) is 11.3 Å². The van der Waals surface area contributed by atoms with Crippen molar-refractivity contribution in [3.63, 3.8) is 0 Å². The van der Waals surface area contributed by atoms with Gasteiger partial charge in [0.15, 0.2) is 6.19 Å². The number of nitriles is 1. The number of carbonyl (C=O) groups excluding carboxylic acids is 1. The van der Waals surface area contributed by atoms with Gasteiger partial charge in [-0.2, -0.15) is 13.7 Å². The Labute approximate surface area is 87.4 Å². The summed E-state index contributed by atoms with van der Waals surface area (Å²) in [6.45, 7) is -0.145. The van der Waals surface area contributed by atoms with Gasteiger partial charge >= 0.3 is 0 Å². The molecule has 0 aromatic rings. The Morgan fingerprint density at radius 2 is 2.27 bits per heavy atom. The van der Waals surface area contributed by atoms with Crippen LogP contribution >= 0.6 is 0 Å². The predicted octanol–water partition coefficient (Wildman–Crippen LogP) is -1.46. The summed E-state index contributed by atoms with van der Waals surface area (Å²) in [7, 11) is -2.79. The molecule has 0 aromatic heterocycles. The first-order valence-corrected chi connectivity index (χ1v) is 5.74. The maximum atomic E-state index is 11.3. The molecule has 0 radical (unpaired) electrons. The minimum atomic E-state index is -4.19. The summed E-state index contributed by atoms with van der Waals surface area (Å²) in [6, 6.07) is -0.813. The average molecular weight is 233 g/mol. The maximum absolute atomic E-state index is 11.3. The number of hydrogen-bond donors (Lipinski definition) is 2. The molecule has 15 heavy (non-hydrogen) atoms. The summed E-state index contributed by atoms with van der Waals surface area (Å²) < 4.78 is 30.5. The third-order valence-electron chi connectivity index (χ3n) is 2.36. The van der Waals surface area contributed by atoms with E-state index in [2.05, 4.69) is 5.32 Å². The Kier molecular flexibility index (Phi) is 3.16. The lowest BCUT2D eigenvalue weighted by atomic mass is 10.2. The standard InChI is InChI=1S/C7H11N3O4S/c1-9-7(11)6-2-5(15(12,13)14)3-10(6)4-8/h5-6H,2-3H2,1H3,(H,9,11)(H,12,13,14)/t5-,6+/m1/s1. The van der Waals surface area contributed by atoms with E-state index in [0.29, 0.717) is 0 Å². The van der Waals surface area contributed by atoms with Gasteiger partial charge in [-0.1, -0.05) is 0 Å². The van der Waals surface area contributed by atoms with E-state index in [1.807, 2.05) is 0 Å². The van der Waals surface area contributed by atoms with E-state index in [9.17, 15) is 13.2 Å². The topological polar surface area (TPSA) is 110 Å². The van der Waals surface area contributed by atoms with E-state index in [4.69, 9.17) is 9.81 Å². The van der Waals surface area contributed by atoms with Crippen LogP contribution in [0.15, 0.2) is 0 Å². The molecule has 0 saturated carbocycles.